The third-order valence-corrected chi connectivity index (χ3v) is 3.55. The minimum absolute atomic E-state index is 0.106. The van der Waals surface area contributed by atoms with Gasteiger partial charge in [-0.2, -0.15) is 0 Å². The predicted octanol–water partition coefficient (Wildman–Crippen LogP) is 1.90. The Morgan fingerprint density at radius 1 is 1.09 bits per heavy atom. The first-order chi connectivity index (χ1) is 11.1. The molecule has 2 amide bonds. The van der Waals surface area contributed by atoms with Gasteiger partial charge in [0, 0.05) is 26.2 Å². The summed E-state index contributed by atoms with van der Waals surface area (Å²) in [6.45, 7) is 4.03. The summed E-state index contributed by atoms with van der Waals surface area (Å²) in [6.07, 6.45) is 0.352. The molecule has 0 N–H and O–H groups in total. The van der Waals surface area contributed by atoms with Crippen LogP contribution in [0.2, 0.25) is 0 Å². The molecule has 0 spiro atoms. The van der Waals surface area contributed by atoms with Gasteiger partial charge in [-0.05, 0) is 37.6 Å². The van der Waals surface area contributed by atoms with Gasteiger partial charge in [0.1, 0.15) is 11.6 Å². The molecule has 0 radical (unpaired) electrons. The first-order valence-corrected chi connectivity index (χ1v) is 7.68. The van der Waals surface area contributed by atoms with Crippen molar-refractivity contribution >= 4 is 12.0 Å². The van der Waals surface area contributed by atoms with Gasteiger partial charge in [-0.15, -0.1) is 0 Å². The molecule has 0 atom stereocenters. The van der Waals surface area contributed by atoms with E-state index in [1.54, 1.807) is 16.7 Å². The highest BCUT2D eigenvalue weighted by molar-refractivity contribution is 5.78. The van der Waals surface area contributed by atoms with Crippen molar-refractivity contribution in [1.82, 2.24) is 9.80 Å². The fourth-order valence-electron chi connectivity index (χ4n) is 2.33. The Balaban J connectivity index is 1.81. The van der Waals surface area contributed by atoms with Gasteiger partial charge in [-0.25, -0.2) is 9.18 Å². The van der Waals surface area contributed by atoms with Gasteiger partial charge in [0.2, 0.25) is 0 Å². The summed E-state index contributed by atoms with van der Waals surface area (Å²) in [6, 6.07) is 5.52. The van der Waals surface area contributed by atoms with E-state index < -0.39 is 0 Å². The normalized spacial score (nSPS) is 15.0. The molecule has 1 aliphatic heterocycles. The van der Waals surface area contributed by atoms with Crippen LogP contribution < -0.4 is 4.74 Å². The van der Waals surface area contributed by atoms with Gasteiger partial charge in [-0.3, -0.25) is 4.79 Å². The average Bonchev–Trinajstić information content (AvgIpc) is 2.80. The number of amides is 2. The molecular weight excluding hydrogens is 303 g/mol. The number of halogens is 1. The Bertz CT molecular complexity index is 535. The molecule has 1 saturated heterocycles. The van der Waals surface area contributed by atoms with Crippen LogP contribution in [0, 0.1) is 5.82 Å². The SMILES string of the molecule is CCOC(=O)N1CCCN(C(=O)COc2ccc(F)cc2)CC1. The van der Waals surface area contributed by atoms with Gasteiger partial charge >= 0.3 is 6.09 Å². The van der Waals surface area contributed by atoms with Gasteiger partial charge in [0.05, 0.1) is 6.61 Å². The monoisotopic (exact) mass is 324 g/mol. The predicted molar refractivity (Wildman–Crippen MR) is 81.7 cm³/mol. The minimum Gasteiger partial charge on any atom is -0.484 e. The number of nitrogens with zero attached hydrogens (tertiary/aromatic N) is 2. The van der Waals surface area contributed by atoms with Crippen molar-refractivity contribution in [2.75, 3.05) is 39.4 Å². The zero-order valence-electron chi connectivity index (χ0n) is 13.2. The van der Waals surface area contributed by atoms with Crippen LogP contribution in [0.15, 0.2) is 24.3 Å². The first kappa shape index (κ1) is 17.1. The van der Waals surface area contributed by atoms with Crippen molar-refractivity contribution in [3.05, 3.63) is 30.1 Å². The van der Waals surface area contributed by atoms with Crippen molar-refractivity contribution in [3.63, 3.8) is 0 Å². The molecule has 7 heteroatoms. The Kier molecular flexibility index (Phi) is 6.19. The summed E-state index contributed by atoms with van der Waals surface area (Å²) < 4.78 is 23.1. The van der Waals surface area contributed by atoms with Crippen molar-refractivity contribution in [2.45, 2.75) is 13.3 Å². The molecule has 23 heavy (non-hydrogen) atoms. The smallest absolute Gasteiger partial charge is 0.409 e. The Morgan fingerprint density at radius 2 is 1.74 bits per heavy atom. The van der Waals surface area contributed by atoms with Crippen LogP contribution in [0.5, 0.6) is 5.75 Å². The molecule has 1 fully saturated rings. The Labute approximate surface area is 134 Å². The number of hydrogen-bond acceptors (Lipinski definition) is 4. The molecule has 0 saturated carbocycles. The maximum atomic E-state index is 12.8. The second-order valence-electron chi connectivity index (χ2n) is 5.16. The topological polar surface area (TPSA) is 59.1 Å². The van der Waals surface area contributed by atoms with E-state index in [1.165, 1.54) is 24.3 Å². The maximum Gasteiger partial charge on any atom is 0.409 e. The van der Waals surface area contributed by atoms with E-state index in [4.69, 9.17) is 9.47 Å². The molecule has 1 aromatic rings. The zero-order valence-corrected chi connectivity index (χ0v) is 13.2. The quantitative estimate of drug-likeness (QED) is 0.849. The number of ether oxygens (including phenoxy) is 2. The van der Waals surface area contributed by atoms with E-state index in [2.05, 4.69) is 0 Å². The van der Waals surface area contributed by atoms with E-state index in [9.17, 15) is 14.0 Å². The summed E-state index contributed by atoms with van der Waals surface area (Å²) >= 11 is 0. The third kappa shape index (κ3) is 5.12. The van der Waals surface area contributed by atoms with Crippen LogP contribution in [-0.4, -0.2) is 61.2 Å². The molecular formula is C16H21FN2O4. The lowest BCUT2D eigenvalue weighted by Crippen LogP contribution is -2.39. The highest BCUT2D eigenvalue weighted by Gasteiger charge is 2.22. The van der Waals surface area contributed by atoms with E-state index in [1.807, 2.05) is 0 Å². The maximum absolute atomic E-state index is 12.8. The minimum atomic E-state index is -0.352. The second kappa shape index (κ2) is 8.36. The highest BCUT2D eigenvalue weighted by atomic mass is 19.1. The molecule has 126 valence electrons. The van der Waals surface area contributed by atoms with Crippen LogP contribution in [0.1, 0.15) is 13.3 Å². The molecule has 0 aromatic heterocycles. The van der Waals surface area contributed by atoms with Gasteiger partial charge in [0.25, 0.3) is 5.91 Å². The summed E-state index contributed by atoms with van der Waals surface area (Å²) in [5, 5.41) is 0. The van der Waals surface area contributed by atoms with Crippen molar-refractivity contribution in [1.29, 1.82) is 0 Å². The molecule has 0 unspecified atom stereocenters. The molecule has 1 aromatic carbocycles. The van der Waals surface area contributed by atoms with E-state index >= 15 is 0 Å². The van der Waals surface area contributed by atoms with Crippen molar-refractivity contribution < 1.29 is 23.5 Å². The molecule has 1 heterocycles. The summed E-state index contributed by atoms with van der Waals surface area (Å²) in [7, 11) is 0. The lowest BCUT2D eigenvalue weighted by molar-refractivity contribution is -0.133. The van der Waals surface area contributed by atoms with Crippen LogP contribution in [-0.2, 0) is 9.53 Å². The highest BCUT2D eigenvalue weighted by Crippen LogP contribution is 2.12. The number of rotatable bonds is 4. The number of carbonyl (C=O) groups is 2. The van der Waals surface area contributed by atoms with Crippen LogP contribution in [0.25, 0.3) is 0 Å². The zero-order chi connectivity index (χ0) is 16.7. The van der Waals surface area contributed by atoms with E-state index in [0.29, 0.717) is 45.0 Å². The Morgan fingerprint density at radius 3 is 2.43 bits per heavy atom. The van der Waals surface area contributed by atoms with E-state index in [-0.39, 0.29) is 24.4 Å². The van der Waals surface area contributed by atoms with Crippen LogP contribution in [0.4, 0.5) is 9.18 Å². The standard InChI is InChI=1S/C16H21FN2O4/c1-2-22-16(21)19-9-3-8-18(10-11-19)15(20)12-23-14-6-4-13(17)5-7-14/h4-7H,2-3,8-12H2,1H3. The second-order valence-corrected chi connectivity index (χ2v) is 5.16. The largest absolute Gasteiger partial charge is 0.484 e. The number of benzene rings is 1. The lowest BCUT2D eigenvalue weighted by atomic mass is 10.3. The molecule has 6 nitrogen and oxygen atoms in total. The van der Waals surface area contributed by atoms with Crippen molar-refractivity contribution in [2.24, 2.45) is 0 Å². The number of carbonyl (C=O) groups excluding carboxylic acids is 2. The number of hydrogen-bond donors (Lipinski definition) is 0. The van der Waals surface area contributed by atoms with Crippen LogP contribution in [0.3, 0.4) is 0 Å². The molecule has 0 aliphatic carbocycles. The Hall–Kier alpha value is -2.31. The summed E-state index contributed by atoms with van der Waals surface area (Å²) in [5.74, 6) is -0.0574. The first-order valence-electron chi connectivity index (χ1n) is 7.68. The van der Waals surface area contributed by atoms with Gasteiger partial charge in [0.15, 0.2) is 6.61 Å². The van der Waals surface area contributed by atoms with Gasteiger partial charge in [-0.1, -0.05) is 0 Å². The molecule has 1 aliphatic rings. The average molecular weight is 324 g/mol. The fourth-order valence-corrected chi connectivity index (χ4v) is 2.33. The molecule has 0 bridgehead atoms. The van der Waals surface area contributed by atoms with E-state index in [0.717, 1.165) is 0 Å². The van der Waals surface area contributed by atoms with Gasteiger partial charge < -0.3 is 19.3 Å². The summed E-state index contributed by atoms with van der Waals surface area (Å²) in [4.78, 5) is 27.2. The third-order valence-electron chi connectivity index (χ3n) is 3.55. The fraction of sp³-hybridized carbons (Fsp3) is 0.500. The molecule has 2 rings (SSSR count). The lowest BCUT2D eigenvalue weighted by Gasteiger charge is -2.21. The van der Waals surface area contributed by atoms with Crippen LogP contribution >= 0.6 is 0 Å². The van der Waals surface area contributed by atoms with Crippen molar-refractivity contribution in [3.8, 4) is 5.75 Å². The summed E-state index contributed by atoms with van der Waals surface area (Å²) in [5.41, 5.74) is 0.